The quantitative estimate of drug-likeness (QED) is 0.719. The number of aryl methyl sites for hydroxylation is 1. The summed E-state index contributed by atoms with van der Waals surface area (Å²) in [5.41, 5.74) is 2.51. The molecule has 0 N–H and O–H groups in total. The van der Waals surface area contributed by atoms with Gasteiger partial charge >= 0.3 is 5.97 Å². The minimum absolute atomic E-state index is 0.129. The fourth-order valence-electron chi connectivity index (χ4n) is 1.26. The molecule has 0 saturated heterocycles. The lowest BCUT2D eigenvalue weighted by molar-refractivity contribution is -0.139. The molecule has 0 aliphatic rings. The smallest absolute Gasteiger partial charge is 0.315 e. The molecular weight excluding hydrogens is 208 g/mol. The Hall–Kier alpha value is -0.960. The van der Waals surface area contributed by atoms with Gasteiger partial charge in [-0.3, -0.25) is 4.79 Å². The van der Waals surface area contributed by atoms with E-state index < -0.39 is 0 Å². The molecule has 0 saturated carbocycles. The zero-order valence-electron chi connectivity index (χ0n) is 9.16. The van der Waals surface area contributed by atoms with Gasteiger partial charge in [0.1, 0.15) is 0 Å². The van der Waals surface area contributed by atoms with Crippen LogP contribution in [0.1, 0.15) is 18.1 Å². The van der Waals surface area contributed by atoms with E-state index in [-0.39, 0.29) is 5.97 Å². The fourth-order valence-corrected chi connectivity index (χ4v) is 2.02. The highest BCUT2D eigenvalue weighted by Gasteiger charge is 2.01. The Balaban J connectivity index is 2.28. The van der Waals surface area contributed by atoms with Gasteiger partial charge < -0.3 is 4.74 Å². The zero-order chi connectivity index (χ0) is 11.1. The van der Waals surface area contributed by atoms with Crippen LogP contribution in [-0.4, -0.2) is 18.3 Å². The van der Waals surface area contributed by atoms with Gasteiger partial charge in [-0.2, -0.15) is 0 Å². The number of carbonyl (C=O) groups is 1. The Morgan fingerprint density at radius 1 is 1.47 bits per heavy atom. The largest absolute Gasteiger partial charge is 0.465 e. The van der Waals surface area contributed by atoms with Crippen molar-refractivity contribution in [3.63, 3.8) is 0 Å². The molecule has 3 heteroatoms. The van der Waals surface area contributed by atoms with Crippen molar-refractivity contribution in [2.24, 2.45) is 0 Å². The lowest BCUT2D eigenvalue weighted by Gasteiger charge is -2.03. The molecule has 0 fully saturated rings. The van der Waals surface area contributed by atoms with Gasteiger partial charge in [0, 0.05) is 5.75 Å². The summed E-state index contributed by atoms with van der Waals surface area (Å²) in [6.45, 7) is 4.35. The topological polar surface area (TPSA) is 26.3 Å². The average molecular weight is 224 g/mol. The Kier molecular flexibility index (Phi) is 5.26. The van der Waals surface area contributed by atoms with Crippen LogP contribution in [0.4, 0.5) is 0 Å². The predicted molar refractivity (Wildman–Crippen MR) is 64.0 cm³/mol. The van der Waals surface area contributed by atoms with E-state index in [0.717, 1.165) is 5.75 Å². The zero-order valence-corrected chi connectivity index (χ0v) is 9.97. The van der Waals surface area contributed by atoms with E-state index in [9.17, 15) is 4.79 Å². The fraction of sp³-hybridized carbons (Fsp3) is 0.417. The maximum Gasteiger partial charge on any atom is 0.315 e. The first-order valence-corrected chi connectivity index (χ1v) is 6.16. The van der Waals surface area contributed by atoms with Gasteiger partial charge in [0.15, 0.2) is 0 Å². The second kappa shape index (κ2) is 6.51. The minimum atomic E-state index is -0.129. The normalized spacial score (nSPS) is 10.0. The number of hydrogen-bond acceptors (Lipinski definition) is 3. The second-order valence-corrected chi connectivity index (χ2v) is 4.27. The van der Waals surface area contributed by atoms with E-state index in [2.05, 4.69) is 25.1 Å². The monoisotopic (exact) mass is 224 g/mol. The summed E-state index contributed by atoms with van der Waals surface area (Å²) in [6.07, 6.45) is 0. The summed E-state index contributed by atoms with van der Waals surface area (Å²) in [7, 11) is 0. The van der Waals surface area contributed by atoms with E-state index in [1.54, 1.807) is 11.8 Å². The molecule has 0 spiro atoms. The molecule has 1 aromatic rings. The molecule has 15 heavy (non-hydrogen) atoms. The SMILES string of the molecule is CCOC(=O)CSCc1cccc(C)c1. The Bertz CT molecular complexity index is 323. The number of hydrogen-bond donors (Lipinski definition) is 0. The van der Waals surface area contributed by atoms with Crippen molar-refractivity contribution in [2.45, 2.75) is 19.6 Å². The highest BCUT2D eigenvalue weighted by Crippen LogP contribution is 2.13. The van der Waals surface area contributed by atoms with E-state index in [1.807, 2.05) is 13.0 Å². The van der Waals surface area contributed by atoms with Crippen molar-refractivity contribution in [3.05, 3.63) is 35.4 Å². The van der Waals surface area contributed by atoms with Gasteiger partial charge in [-0.25, -0.2) is 0 Å². The molecule has 0 radical (unpaired) electrons. The molecule has 2 nitrogen and oxygen atoms in total. The van der Waals surface area contributed by atoms with Gasteiger partial charge in [-0.15, -0.1) is 11.8 Å². The Labute approximate surface area is 95.0 Å². The van der Waals surface area contributed by atoms with E-state index in [0.29, 0.717) is 12.4 Å². The van der Waals surface area contributed by atoms with Crippen molar-refractivity contribution < 1.29 is 9.53 Å². The number of thioether (sulfide) groups is 1. The van der Waals surface area contributed by atoms with Gasteiger partial charge in [0.05, 0.1) is 12.4 Å². The van der Waals surface area contributed by atoms with Crippen LogP contribution in [0.5, 0.6) is 0 Å². The molecule has 0 aliphatic carbocycles. The summed E-state index contributed by atoms with van der Waals surface area (Å²) in [5, 5.41) is 0. The number of carbonyl (C=O) groups excluding carboxylic acids is 1. The summed E-state index contributed by atoms with van der Waals surface area (Å²) in [5.74, 6) is 1.16. The van der Waals surface area contributed by atoms with Crippen LogP contribution in [0.25, 0.3) is 0 Å². The van der Waals surface area contributed by atoms with Crippen LogP contribution in [0, 0.1) is 6.92 Å². The molecule has 0 aromatic heterocycles. The van der Waals surface area contributed by atoms with Crippen LogP contribution < -0.4 is 0 Å². The van der Waals surface area contributed by atoms with Gasteiger partial charge in [-0.05, 0) is 19.4 Å². The Morgan fingerprint density at radius 2 is 2.27 bits per heavy atom. The van der Waals surface area contributed by atoms with E-state index in [4.69, 9.17) is 4.74 Å². The highest BCUT2D eigenvalue weighted by molar-refractivity contribution is 7.99. The molecule has 0 bridgehead atoms. The summed E-state index contributed by atoms with van der Waals surface area (Å²) in [4.78, 5) is 11.1. The highest BCUT2D eigenvalue weighted by atomic mass is 32.2. The molecule has 82 valence electrons. The van der Waals surface area contributed by atoms with Crippen LogP contribution in [0.3, 0.4) is 0 Å². The number of rotatable bonds is 5. The van der Waals surface area contributed by atoms with Crippen molar-refractivity contribution in [1.29, 1.82) is 0 Å². The molecule has 0 aliphatic heterocycles. The summed E-state index contributed by atoms with van der Waals surface area (Å²) in [6, 6.07) is 8.32. The summed E-state index contributed by atoms with van der Waals surface area (Å²) >= 11 is 1.59. The first kappa shape index (κ1) is 12.1. The number of benzene rings is 1. The predicted octanol–water partition coefficient (Wildman–Crippen LogP) is 2.79. The minimum Gasteiger partial charge on any atom is -0.465 e. The van der Waals surface area contributed by atoms with Crippen LogP contribution in [0.15, 0.2) is 24.3 Å². The number of esters is 1. The molecule has 0 atom stereocenters. The maximum absolute atomic E-state index is 11.1. The van der Waals surface area contributed by atoms with Crippen molar-refractivity contribution in [1.82, 2.24) is 0 Å². The number of ether oxygens (including phenoxy) is 1. The van der Waals surface area contributed by atoms with Crippen molar-refractivity contribution in [3.8, 4) is 0 Å². The third-order valence-corrected chi connectivity index (χ3v) is 2.85. The maximum atomic E-state index is 11.1. The van der Waals surface area contributed by atoms with Gasteiger partial charge in [0.25, 0.3) is 0 Å². The molecule has 0 amide bonds. The Morgan fingerprint density at radius 3 is 2.93 bits per heavy atom. The molecule has 0 unspecified atom stereocenters. The van der Waals surface area contributed by atoms with E-state index >= 15 is 0 Å². The van der Waals surface area contributed by atoms with Crippen LogP contribution >= 0.6 is 11.8 Å². The molecule has 0 heterocycles. The molecule has 1 rings (SSSR count). The lowest BCUT2D eigenvalue weighted by atomic mass is 10.2. The third kappa shape index (κ3) is 4.88. The van der Waals surface area contributed by atoms with Gasteiger partial charge in [0.2, 0.25) is 0 Å². The first-order valence-electron chi connectivity index (χ1n) is 5.01. The van der Waals surface area contributed by atoms with Gasteiger partial charge in [-0.1, -0.05) is 29.8 Å². The second-order valence-electron chi connectivity index (χ2n) is 3.29. The lowest BCUT2D eigenvalue weighted by Crippen LogP contribution is -2.06. The van der Waals surface area contributed by atoms with Crippen LogP contribution in [-0.2, 0) is 15.3 Å². The molecular formula is C12H16O2S. The van der Waals surface area contributed by atoms with Crippen molar-refractivity contribution in [2.75, 3.05) is 12.4 Å². The molecule has 1 aromatic carbocycles. The average Bonchev–Trinajstić information content (AvgIpc) is 2.18. The summed E-state index contributed by atoms with van der Waals surface area (Å²) < 4.78 is 4.84. The first-order chi connectivity index (χ1) is 7.22. The third-order valence-electron chi connectivity index (χ3n) is 1.88. The van der Waals surface area contributed by atoms with Crippen LogP contribution in [0.2, 0.25) is 0 Å². The van der Waals surface area contributed by atoms with Crippen molar-refractivity contribution >= 4 is 17.7 Å². The van der Waals surface area contributed by atoms with E-state index in [1.165, 1.54) is 11.1 Å². The standard InChI is InChI=1S/C12H16O2S/c1-3-14-12(13)9-15-8-11-6-4-5-10(2)7-11/h4-7H,3,8-9H2,1-2H3.